The maximum absolute atomic E-state index is 5.88. The SMILES string of the molecule is CCCCCCCCCCC(Cc1ccsc1)C(N)=S. The van der Waals surface area contributed by atoms with Gasteiger partial charge in [0.1, 0.15) is 0 Å². The maximum atomic E-state index is 5.88. The highest BCUT2D eigenvalue weighted by molar-refractivity contribution is 7.80. The average Bonchev–Trinajstić information content (AvgIpc) is 2.93. The molecule has 1 heterocycles. The van der Waals surface area contributed by atoms with Crippen LogP contribution in [0.15, 0.2) is 16.8 Å². The second-order valence-electron chi connectivity index (χ2n) is 5.70. The summed E-state index contributed by atoms with van der Waals surface area (Å²) in [5, 5.41) is 4.33. The Hall–Kier alpha value is -0.410. The molecule has 0 aliphatic carbocycles. The number of hydrogen-bond acceptors (Lipinski definition) is 2. The summed E-state index contributed by atoms with van der Waals surface area (Å²) in [4.78, 5) is 0.694. The Morgan fingerprint density at radius 2 is 1.80 bits per heavy atom. The molecule has 0 saturated heterocycles. The van der Waals surface area contributed by atoms with Crippen molar-refractivity contribution in [2.75, 3.05) is 0 Å². The van der Waals surface area contributed by atoms with Gasteiger partial charge in [-0.3, -0.25) is 0 Å². The van der Waals surface area contributed by atoms with Crippen LogP contribution in [0.2, 0.25) is 0 Å². The van der Waals surface area contributed by atoms with Crippen molar-refractivity contribution in [1.29, 1.82) is 0 Å². The number of thiophene rings is 1. The Balaban J connectivity index is 2.09. The zero-order chi connectivity index (χ0) is 14.6. The van der Waals surface area contributed by atoms with Gasteiger partial charge in [0.2, 0.25) is 0 Å². The van der Waals surface area contributed by atoms with Crippen molar-refractivity contribution < 1.29 is 0 Å². The van der Waals surface area contributed by atoms with Gasteiger partial charge in [-0.05, 0) is 35.2 Å². The minimum absolute atomic E-state index is 0.389. The zero-order valence-corrected chi connectivity index (χ0v) is 14.4. The van der Waals surface area contributed by atoms with Crippen LogP contribution >= 0.6 is 23.6 Å². The fourth-order valence-corrected chi connectivity index (χ4v) is 3.45. The van der Waals surface area contributed by atoms with Crippen molar-refractivity contribution >= 4 is 28.5 Å². The largest absolute Gasteiger partial charge is 0.393 e. The van der Waals surface area contributed by atoms with E-state index in [-0.39, 0.29) is 0 Å². The molecule has 1 rings (SSSR count). The third kappa shape index (κ3) is 8.01. The van der Waals surface area contributed by atoms with Gasteiger partial charge < -0.3 is 5.73 Å². The van der Waals surface area contributed by atoms with E-state index in [0.717, 1.165) is 12.8 Å². The lowest BCUT2D eigenvalue weighted by Crippen LogP contribution is -2.23. The normalized spacial score (nSPS) is 12.4. The quantitative estimate of drug-likeness (QED) is 0.394. The standard InChI is InChI=1S/C17H29NS2/c1-2-3-4-5-6-7-8-9-10-16(17(18)19)13-15-11-12-20-14-15/h11-12,14,16H,2-10,13H2,1H3,(H2,18,19). The lowest BCUT2D eigenvalue weighted by atomic mass is 9.94. The highest BCUT2D eigenvalue weighted by Gasteiger charge is 2.12. The fourth-order valence-electron chi connectivity index (χ4n) is 2.56. The molecule has 1 atom stereocenters. The van der Waals surface area contributed by atoms with Crippen LogP contribution in [0.3, 0.4) is 0 Å². The van der Waals surface area contributed by atoms with E-state index in [1.165, 1.54) is 56.9 Å². The summed E-state index contributed by atoms with van der Waals surface area (Å²) in [7, 11) is 0. The van der Waals surface area contributed by atoms with E-state index in [0.29, 0.717) is 10.9 Å². The van der Waals surface area contributed by atoms with E-state index in [2.05, 4.69) is 23.8 Å². The van der Waals surface area contributed by atoms with Gasteiger partial charge in [0.05, 0.1) is 4.99 Å². The van der Waals surface area contributed by atoms with E-state index < -0.39 is 0 Å². The molecule has 1 nitrogen and oxygen atoms in total. The molecule has 1 aromatic heterocycles. The Labute approximate surface area is 134 Å². The first-order valence-corrected chi connectivity index (χ1v) is 9.39. The molecule has 0 bridgehead atoms. The van der Waals surface area contributed by atoms with Crippen molar-refractivity contribution in [3.8, 4) is 0 Å². The smallest absolute Gasteiger partial charge is 0.0762 e. The third-order valence-corrected chi connectivity index (χ3v) is 4.94. The van der Waals surface area contributed by atoms with Crippen molar-refractivity contribution in [1.82, 2.24) is 0 Å². The minimum Gasteiger partial charge on any atom is -0.393 e. The second kappa shape index (κ2) is 11.3. The van der Waals surface area contributed by atoms with Gasteiger partial charge in [0.25, 0.3) is 0 Å². The minimum atomic E-state index is 0.389. The van der Waals surface area contributed by atoms with Gasteiger partial charge in [-0.15, -0.1) is 0 Å². The van der Waals surface area contributed by atoms with E-state index in [4.69, 9.17) is 18.0 Å². The van der Waals surface area contributed by atoms with Gasteiger partial charge >= 0.3 is 0 Å². The van der Waals surface area contributed by atoms with Gasteiger partial charge in [-0.1, -0.05) is 70.5 Å². The summed E-state index contributed by atoms with van der Waals surface area (Å²) < 4.78 is 0. The molecule has 0 aliphatic rings. The molecule has 20 heavy (non-hydrogen) atoms. The molecular weight excluding hydrogens is 282 g/mol. The van der Waals surface area contributed by atoms with E-state index in [1.54, 1.807) is 11.3 Å². The van der Waals surface area contributed by atoms with Crippen LogP contribution in [0.1, 0.15) is 70.3 Å². The summed E-state index contributed by atoms with van der Waals surface area (Å²) in [6, 6.07) is 2.18. The number of thiocarbonyl (C=S) groups is 1. The molecular formula is C17H29NS2. The van der Waals surface area contributed by atoms with Crippen LogP contribution in [-0.4, -0.2) is 4.99 Å². The maximum Gasteiger partial charge on any atom is 0.0762 e. The Morgan fingerprint density at radius 3 is 2.35 bits per heavy atom. The Bertz CT molecular complexity index is 346. The molecule has 0 amide bonds. The molecule has 2 N–H and O–H groups in total. The first kappa shape index (κ1) is 17.6. The molecule has 0 aromatic carbocycles. The molecule has 1 unspecified atom stereocenters. The molecule has 0 fully saturated rings. The summed E-state index contributed by atoms with van der Waals surface area (Å²) in [6.45, 7) is 2.27. The van der Waals surface area contributed by atoms with Gasteiger partial charge in [-0.25, -0.2) is 0 Å². The van der Waals surface area contributed by atoms with Crippen molar-refractivity contribution in [2.24, 2.45) is 11.7 Å². The predicted octanol–water partition coefficient (Wildman–Crippen LogP) is 5.72. The number of nitrogens with two attached hydrogens (primary N) is 1. The van der Waals surface area contributed by atoms with Gasteiger partial charge in [-0.2, -0.15) is 11.3 Å². The average molecular weight is 312 g/mol. The predicted molar refractivity (Wildman–Crippen MR) is 95.5 cm³/mol. The molecule has 3 heteroatoms. The lowest BCUT2D eigenvalue weighted by molar-refractivity contribution is 0.527. The molecule has 1 aromatic rings. The number of hydrogen-bond donors (Lipinski definition) is 1. The van der Waals surface area contributed by atoms with E-state index in [1.807, 2.05) is 0 Å². The lowest BCUT2D eigenvalue weighted by Gasteiger charge is -2.14. The Kier molecular flexibility index (Phi) is 9.94. The van der Waals surface area contributed by atoms with Crippen LogP contribution in [0, 0.1) is 5.92 Å². The van der Waals surface area contributed by atoms with Crippen LogP contribution in [0.4, 0.5) is 0 Å². The van der Waals surface area contributed by atoms with Crippen molar-refractivity contribution in [3.05, 3.63) is 22.4 Å². The van der Waals surface area contributed by atoms with Crippen molar-refractivity contribution in [3.63, 3.8) is 0 Å². The van der Waals surface area contributed by atoms with Gasteiger partial charge in [0.15, 0.2) is 0 Å². The third-order valence-electron chi connectivity index (χ3n) is 3.87. The number of unbranched alkanes of at least 4 members (excludes halogenated alkanes) is 7. The highest BCUT2D eigenvalue weighted by Crippen LogP contribution is 2.19. The highest BCUT2D eigenvalue weighted by atomic mass is 32.1. The van der Waals surface area contributed by atoms with Crippen LogP contribution < -0.4 is 5.73 Å². The van der Waals surface area contributed by atoms with Crippen molar-refractivity contribution in [2.45, 2.75) is 71.1 Å². The molecule has 0 aliphatic heterocycles. The first-order valence-electron chi connectivity index (χ1n) is 8.04. The second-order valence-corrected chi connectivity index (χ2v) is 6.95. The molecule has 0 spiro atoms. The topological polar surface area (TPSA) is 26.0 Å². The van der Waals surface area contributed by atoms with Crippen LogP contribution in [0.25, 0.3) is 0 Å². The molecule has 0 saturated carbocycles. The van der Waals surface area contributed by atoms with Gasteiger partial charge in [0, 0.05) is 5.92 Å². The summed E-state index contributed by atoms with van der Waals surface area (Å²) in [5.41, 5.74) is 7.27. The first-order chi connectivity index (χ1) is 9.74. The molecule has 114 valence electrons. The van der Waals surface area contributed by atoms with E-state index in [9.17, 15) is 0 Å². The van der Waals surface area contributed by atoms with Crippen LogP contribution in [0.5, 0.6) is 0 Å². The van der Waals surface area contributed by atoms with E-state index >= 15 is 0 Å². The summed E-state index contributed by atoms with van der Waals surface area (Å²) in [5.74, 6) is 0.389. The van der Waals surface area contributed by atoms with Crippen LogP contribution in [-0.2, 0) is 6.42 Å². The summed E-state index contributed by atoms with van der Waals surface area (Å²) in [6.07, 6.45) is 13.1. The summed E-state index contributed by atoms with van der Waals surface area (Å²) >= 11 is 6.97. The monoisotopic (exact) mass is 311 g/mol. The Morgan fingerprint density at radius 1 is 1.15 bits per heavy atom. The molecule has 0 radical (unpaired) electrons. The zero-order valence-electron chi connectivity index (χ0n) is 12.8. The fraction of sp³-hybridized carbons (Fsp3) is 0.706. The number of rotatable bonds is 12.